The molecule has 1 fully saturated rings. The molecule has 0 aromatic carbocycles. The molecule has 1 amide bonds. The van der Waals surface area contributed by atoms with Crippen molar-refractivity contribution < 1.29 is 19.5 Å². The average molecular weight is 240 g/mol. The van der Waals surface area contributed by atoms with E-state index in [1.165, 1.54) is 19.3 Å². The number of hydrogen-bond acceptors (Lipinski definition) is 4. The summed E-state index contributed by atoms with van der Waals surface area (Å²) in [5.41, 5.74) is -0.0934. The molecule has 6 nitrogen and oxygen atoms in total. The first-order valence-electron chi connectivity index (χ1n) is 5.90. The van der Waals surface area contributed by atoms with Crippen LogP contribution in [0.25, 0.3) is 0 Å². The van der Waals surface area contributed by atoms with Gasteiger partial charge in [0, 0.05) is 13.0 Å². The number of rotatable bonds is 5. The highest BCUT2D eigenvalue weighted by atomic mass is 16.6. The summed E-state index contributed by atoms with van der Waals surface area (Å²) in [7, 11) is 0. The van der Waals surface area contributed by atoms with Gasteiger partial charge in [-0.05, 0) is 12.3 Å². The number of hydrogen-bond donors (Lipinski definition) is 2. The third-order valence-electron chi connectivity index (χ3n) is 3.28. The van der Waals surface area contributed by atoms with Crippen molar-refractivity contribution in [2.24, 2.45) is 11.1 Å². The average Bonchev–Trinajstić information content (AvgIpc) is 2.70. The number of amides is 1. The maximum absolute atomic E-state index is 11.6. The molecule has 1 atom stereocenters. The second-order valence-corrected chi connectivity index (χ2v) is 4.52. The van der Waals surface area contributed by atoms with Gasteiger partial charge in [0.15, 0.2) is 5.71 Å². The van der Waals surface area contributed by atoms with Crippen LogP contribution in [0, 0.1) is 5.92 Å². The number of carboxylic acids is 1. The zero-order valence-electron chi connectivity index (χ0n) is 9.52. The Balaban J connectivity index is 1.65. The largest absolute Gasteiger partial charge is 0.477 e. The predicted molar refractivity (Wildman–Crippen MR) is 59.5 cm³/mol. The molecule has 1 aliphatic carbocycles. The highest BCUT2D eigenvalue weighted by Crippen LogP contribution is 2.28. The third kappa shape index (κ3) is 2.95. The van der Waals surface area contributed by atoms with E-state index in [1.54, 1.807) is 0 Å². The second kappa shape index (κ2) is 5.16. The lowest BCUT2D eigenvalue weighted by molar-refractivity contribution is -0.131. The van der Waals surface area contributed by atoms with Crippen LogP contribution in [-0.4, -0.2) is 35.3 Å². The number of nitrogens with one attached hydrogen (secondary N) is 1. The van der Waals surface area contributed by atoms with Crippen molar-refractivity contribution in [3.8, 4) is 0 Å². The molecule has 94 valence electrons. The Kier molecular flexibility index (Phi) is 3.61. The Morgan fingerprint density at radius 1 is 1.47 bits per heavy atom. The van der Waals surface area contributed by atoms with Crippen LogP contribution in [0.3, 0.4) is 0 Å². The molecule has 0 radical (unpaired) electrons. The molecular weight excluding hydrogens is 224 g/mol. The summed E-state index contributed by atoms with van der Waals surface area (Å²) in [6.45, 7) is 0.631. The van der Waals surface area contributed by atoms with Crippen LogP contribution in [0.2, 0.25) is 0 Å². The summed E-state index contributed by atoms with van der Waals surface area (Å²) in [6, 6.07) is 0. The van der Waals surface area contributed by atoms with Gasteiger partial charge in [-0.2, -0.15) is 0 Å². The number of aliphatic carboxylic acids is 1. The molecule has 0 aromatic heterocycles. The Hall–Kier alpha value is -1.59. The number of carbonyl (C=O) groups is 2. The maximum atomic E-state index is 11.6. The summed E-state index contributed by atoms with van der Waals surface area (Å²) in [6.07, 6.45) is 4.06. The van der Waals surface area contributed by atoms with Gasteiger partial charge < -0.3 is 15.3 Å². The molecule has 17 heavy (non-hydrogen) atoms. The van der Waals surface area contributed by atoms with E-state index >= 15 is 0 Å². The normalized spacial score (nSPS) is 23.5. The molecule has 2 aliphatic rings. The first-order valence-corrected chi connectivity index (χ1v) is 5.90. The van der Waals surface area contributed by atoms with Gasteiger partial charge in [-0.3, -0.25) is 4.79 Å². The Morgan fingerprint density at radius 3 is 2.76 bits per heavy atom. The van der Waals surface area contributed by atoms with Crippen LogP contribution in [0.15, 0.2) is 5.16 Å². The van der Waals surface area contributed by atoms with Gasteiger partial charge in [-0.25, -0.2) is 4.79 Å². The van der Waals surface area contributed by atoms with Crippen molar-refractivity contribution in [3.63, 3.8) is 0 Å². The second-order valence-electron chi connectivity index (χ2n) is 4.52. The molecule has 0 saturated heterocycles. The summed E-state index contributed by atoms with van der Waals surface area (Å²) in [5, 5.41) is 14.8. The third-order valence-corrected chi connectivity index (χ3v) is 3.28. The quantitative estimate of drug-likeness (QED) is 0.733. The van der Waals surface area contributed by atoms with Gasteiger partial charge in [0.05, 0.1) is 0 Å². The van der Waals surface area contributed by atoms with Crippen LogP contribution in [0.1, 0.15) is 32.1 Å². The fraction of sp³-hybridized carbons (Fsp3) is 0.727. The Morgan fingerprint density at radius 2 is 2.24 bits per heavy atom. The first-order chi connectivity index (χ1) is 8.16. The van der Waals surface area contributed by atoms with E-state index in [0.717, 1.165) is 12.3 Å². The topological polar surface area (TPSA) is 88.0 Å². The first kappa shape index (κ1) is 11.9. The molecular formula is C11H16N2O4. The van der Waals surface area contributed by atoms with E-state index in [1.807, 2.05) is 0 Å². The lowest BCUT2D eigenvalue weighted by Gasteiger charge is -2.25. The highest BCUT2D eigenvalue weighted by Gasteiger charge is 2.31. The van der Waals surface area contributed by atoms with Crippen LogP contribution in [-0.2, 0) is 14.4 Å². The van der Waals surface area contributed by atoms with Crippen molar-refractivity contribution in [2.75, 3.05) is 6.54 Å². The minimum absolute atomic E-state index is 0.0462. The lowest BCUT2D eigenvalue weighted by atomic mass is 9.83. The summed E-state index contributed by atoms with van der Waals surface area (Å²) in [5.74, 6) is -0.662. The molecule has 0 aromatic rings. The number of carbonyl (C=O) groups excluding carboxylic acids is 1. The number of carboxylic acid groups (broad SMARTS) is 1. The zero-order valence-corrected chi connectivity index (χ0v) is 9.52. The van der Waals surface area contributed by atoms with E-state index in [0.29, 0.717) is 6.54 Å². The van der Waals surface area contributed by atoms with Crippen LogP contribution in [0.4, 0.5) is 0 Å². The Labute approximate surface area is 99.0 Å². The number of oxime groups is 1. The van der Waals surface area contributed by atoms with Gasteiger partial charge in [0.25, 0.3) is 5.91 Å². The van der Waals surface area contributed by atoms with Gasteiger partial charge in [0.2, 0.25) is 6.10 Å². The molecule has 2 rings (SSSR count). The van der Waals surface area contributed by atoms with Crippen molar-refractivity contribution in [3.05, 3.63) is 0 Å². The molecule has 0 spiro atoms. The van der Waals surface area contributed by atoms with E-state index in [9.17, 15) is 9.59 Å². The molecule has 1 heterocycles. The number of nitrogens with zero attached hydrogens (tertiary/aromatic N) is 1. The Bertz CT molecular complexity index is 349. The van der Waals surface area contributed by atoms with Crippen LogP contribution in [0.5, 0.6) is 0 Å². The molecule has 6 heteroatoms. The zero-order chi connectivity index (χ0) is 12.3. The minimum atomic E-state index is -1.13. The van der Waals surface area contributed by atoms with Crippen molar-refractivity contribution in [1.82, 2.24) is 5.32 Å². The fourth-order valence-electron chi connectivity index (χ4n) is 1.94. The minimum Gasteiger partial charge on any atom is -0.477 e. The van der Waals surface area contributed by atoms with E-state index in [4.69, 9.17) is 9.94 Å². The monoisotopic (exact) mass is 240 g/mol. The SMILES string of the molecule is O=C(O)C1=NOC(C(=O)NCCC2CCC2)C1. The maximum Gasteiger partial charge on any atom is 0.353 e. The van der Waals surface area contributed by atoms with Gasteiger partial charge in [0.1, 0.15) is 0 Å². The smallest absolute Gasteiger partial charge is 0.353 e. The molecule has 2 N–H and O–H groups in total. The van der Waals surface area contributed by atoms with E-state index < -0.39 is 12.1 Å². The van der Waals surface area contributed by atoms with Gasteiger partial charge >= 0.3 is 5.97 Å². The highest BCUT2D eigenvalue weighted by molar-refractivity contribution is 6.36. The molecule has 0 bridgehead atoms. The molecule has 1 unspecified atom stereocenters. The van der Waals surface area contributed by atoms with Crippen LogP contribution >= 0.6 is 0 Å². The van der Waals surface area contributed by atoms with Crippen molar-refractivity contribution in [1.29, 1.82) is 0 Å². The summed E-state index contributed by atoms with van der Waals surface area (Å²) in [4.78, 5) is 27.0. The summed E-state index contributed by atoms with van der Waals surface area (Å²) >= 11 is 0. The van der Waals surface area contributed by atoms with E-state index in [2.05, 4.69) is 10.5 Å². The van der Waals surface area contributed by atoms with E-state index in [-0.39, 0.29) is 18.0 Å². The van der Waals surface area contributed by atoms with Crippen molar-refractivity contribution in [2.45, 2.75) is 38.2 Å². The molecule has 1 aliphatic heterocycles. The molecule has 1 saturated carbocycles. The van der Waals surface area contributed by atoms with Gasteiger partial charge in [-0.15, -0.1) is 0 Å². The van der Waals surface area contributed by atoms with Crippen LogP contribution < -0.4 is 5.32 Å². The predicted octanol–water partition coefficient (Wildman–Crippen LogP) is 0.522. The summed E-state index contributed by atoms with van der Waals surface area (Å²) < 4.78 is 0. The standard InChI is InChI=1S/C11H16N2O4/c14-10(12-5-4-7-2-1-3-7)9-6-8(11(15)16)13-17-9/h7,9H,1-6H2,(H,12,14)(H,15,16). The van der Waals surface area contributed by atoms with Gasteiger partial charge in [-0.1, -0.05) is 24.4 Å². The fourth-order valence-corrected chi connectivity index (χ4v) is 1.94. The lowest BCUT2D eigenvalue weighted by Crippen LogP contribution is -2.36. The van der Waals surface area contributed by atoms with Crippen molar-refractivity contribution >= 4 is 17.6 Å².